The molecule has 0 atom stereocenters. The molecule has 1 saturated heterocycles. The second-order valence-electron chi connectivity index (χ2n) is 6.14. The van der Waals surface area contributed by atoms with Gasteiger partial charge >= 0.3 is 0 Å². The minimum Gasteiger partial charge on any atom is -0.349 e. The second kappa shape index (κ2) is 8.70. The number of hydrogen-bond acceptors (Lipinski definition) is 4. The second-order valence-corrected chi connectivity index (χ2v) is 8.07. The van der Waals surface area contributed by atoms with Crippen molar-refractivity contribution in [2.24, 2.45) is 0 Å². The SMILES string of the molecule is CSCCN1CCC(NC(=O)c2cccc(-c3cccs3)c2)CC1. The van der Waals surface area contributed by atoms with Crippen LogP contribution in [0, 0.1) is 0 Å². The zero-order chi connectivity index (χ0) is 16.8. The van der Waals surface area contributed by atoms with E-state index in [-0.39, 0.29) is 5.91 Å². The van der Waals surface area contributed by atoms with Crippen LogP contribution in [-0.4, -0.2) is 48.5 Å². The van der Waals surface area contributed by atoms with E-state index in [0.29, 0.717) is 6.04 Å². The molecule has 0 saturated carbocycles. The average Bonchev–Trinajstić information content (AvgIpc) is 3.16. The van der Waals surface area contributed by atoms with E-state index in [9.17, 15) is 4.79 Å². The number of rotatable bonds is 6. The number of nitrogens with one attached hydrogen (secondary N) is 1. The smallest absolute Gasteiger partial charge is 0.251 e. The first kappa shape index (κ1) is 17.5. The van der Waals surface area contributed by atoms with E-state index in [2.05, 4.69) is 34.0 Å². The Bertz CT molecular complexity index is 649. The third-order valence-electron chi connectivity index (χ3n) is 4.46. The number of amides is 1. The van der Waals surface area contributed by atoms with E-state index in [0.717, 1.165) is 43.6 Å². The van der Waals surface area contributed by atoms with Crippen LogP contribution in [0.4, 0.5) is 0 Å². The van der Waals surface area contributed by atoms with Crippen LogP contribution in [0.15, 0.2) is 41.8 Å². The molecule has 1 fully saturated rings. The lowest BCUT2D eigenvalue weighted by atomic mass is 10.0. The van der Waals surface area contributed by atoms with Crippen LogP contribution >= 0.6 is 23.1 Å². The predicted octanol–water partition coefficient (Wildman–Crippen LogP) is 3.97. The number of thiophene rings is 1. The van der Waals surface area contributed by atoms with E-state index >= 15 is 0 Å². The summed E-state index contributed by atoms with van der Waals surface area (Å²) in [6.45, 7) is 3.33. The number of thioether (sulfide) groups is 1. The van der Waals surface area contributed by atoms with Gasteiger partial charge in [0.05, 0.1) is 0 Å². The number of carbonyl (C=O) groups excluding carboxylic acids is 1. The van der Waals surface area contributed by atoms with Gasteiger partial charge < -0.3 is 10.2 Å². The fourth-order valence-electron chi connectivity index (χ4n) is 3.05. The molecule has 1 aliphatic heterocycles. The molecule has 1 amide bonds. The van der Waals surface area contributed by atoms with Crippen molar-refractivity contribution in [1.29, 1.82) is 0 Å². The minimum absolute atomic E-state index is 0.0518. The van der Waals surface area contributed by atoms with Gasteiger partial charge in [-0.25, -0.2) is 0 Å². The van der Waals surface area contributed by atoms with Crippen molar-refractivity contribution < 1.29 is 4.79 Å². The van der Waals surface area contributed by atoms with Gasteiger partial charge in [0.2, 0.25) is 0 Å². The fraction of sp³-hybridized carbons (Fsp3) is 0.421. The van der Waals surface area contributed by atoms with Crippen molar-refractivity contribution in [2.45, 2.75) is 18.9 Å². The molecule has 3 rings (SSSR count). The highest BCUT2D eigenvalue weighted by Crippen LogP contribution is 2.25. The first-order chi connectivity index (χ1) is 11.8. The summed E-state index contributed by atoms with van der Waals surface area (Å²) in [7, 11) is 0. The molecule has 128 valence electrons. The Balaban J connectivity index is 1.55. The summed E-state index contributed by atoms with van der Waals surface area (Å²) in [6, 6.07) is 12.4. The number of nitrogens with zero attached hydrogens (tertiary/aromatic N) is 1. The Labute approximate surface area is 152 Å². The van der Waals surface area contributed by atoms with Crippen LogP contribution in [0.2, 0.25) is 0 Å². The lowest BCUT2D eigenvalue weighted by Crippen LogP contribution is -2.45. The third-order valence-corrected chi connectivity index (χ3v) is 5.97. The van der Waals surface area contributed by atoms with E-state index in [1.54, 1.807) is 11.3 Å². The molecule has 0 spiro atoms. The Kier molecular flexibility index (Phi) is 6.35. The predicted molar refractivity (Wildman–Crippen MR) is 105 cm³/mol. The number of carbonyl (C=O) groups is 1. The normalized spacial score (nSPS) is 16.2. The zero-order valence-corrected chi connectivity index (χ0v) is 15.7. The van der Waals surface area contributed by atoms with Gasteiger partial charge in [0.25, 0.3) is 5.91 Å². The maximum absolute atomic E-state index is 12.6. The Morgan fingerprint density at radius 2 is 2.12 bits per heavy atom. The molecule has 2 aromatic rings. The first-order valence-corrected chi connectivity index (χ1v) is 10.7. The topological polar surface area (TPSA) is 32.3 Å². The summed E-state index contributed by atoms with van der Waals surface area (Å²) in [5, 5.41) is 5.28. The van der Waals surface area contributed by atoms with Crippen molar-refractivity contribution >= 4 is 29.0 Å². The Hall–Kier alpha value is -1.30. The average molecular weight is 361 g/mol. The molecule has 1 aliphatic rings. The largest absolute Gasteiger partial charge is 0.349 e. The summed E-state index contributed by atoms with van der Waals surface area (Å²) >= 11 is 3.59. The summed E-state index contributed by atoms with van der Waals surface area (Å²) in [5.41, 5.74) is 1.87. The van der Waals surface area contributed by atoms with E-state index < -0.39 is 0 Å². The molecule has 5 heteroatoms. The van der Waals surface area contributed by atoms with E-state index in [1.807, 2.05) is 36.0 Å². The first-order valence-electron chi connectivity index (χ1n) is 8.42. The van der Waals surface area contributed by atoms with Crippen LogP contribution < -0.4 is 5.32 Å². The fourth-order valence-corrected chi connectivity index (χ4v) is 4.21. The zero-order valence-electron chi connectivity index (χ0n) is 14.0. The van der Waals surface area contributed by atoms with E-state index in [4.69, 9.17) is 0 Å². The highest BCUT2D eigenvalue weighted by molar-refractivity contribution is 7.98. The molecule has 3 nitrogen and oxygen atoms in total. The number of likely N-dealkylation sites (tertiary alicyclic amines) is 1. The maximum Gasteiger partial charge on any atom is 0.251 e. The molecular formula is C19H24N2OS2. The van der Waals surface area contributed by atoms with Crippen LogP contribution in [0.25, 0.3) is 10.4 Å². The summed E-state index contributed by atoms with van der Waals surface area (Å²) < 4.78 is 0. The maximum atomic E-state index is 12.6. The molecular weight excluding hydrogens is 336 g/mol. The third kappa shape index (κ3) is 4.62. The summed E-state index contributed by atoms with van der Waals surface area (Å²) in [6.07, 6.45) is 4.24. The number of piperidine rings is 1. The molecule has 1 N–H and O–H groups in total. The minimum atomic E-state index is 0.0518. The summed E-state index contributed by atoms with van der Waals surface area (Å²) in [5.74, 6) is 1.24. The Morgan fingerprint density at radius 1 is 1.29 bits per heavy atom. The van der Waals surface area contributed by atoms with Crippen LogP contribution in [0.3, 0.4) is 0 Å². The molecule has 1 aromatic carbocycles. The standard InChI is InChI=1S/C19H24N2OS2/c1-23-13-11-21-9-7-17(8-10-21)20-19(22)16-5-2-4-15(14-16)18-6-3-12-24-18/h2-6,12,14,17H,7-11,13H2,1H3,(H,20,22). The van der Waals surface area contributed by atoms with E-state index in [1.165, 1.54) is 10.6 Å². The molecule has 0 radical (unpaired) electrons. The number of hydrogen-bond donors (Lipinski definition) is 1. The summed E-state index contributed by atoms with van der Waals surface area (Å²) in [4.78, 5) is 16.3. The van der Waals surface area contributed by atoms with Gasteiger partial charge in [0, 0.05) is 41.9 Å². The van der Waals surface area contributed by atoms with Crippen molar-refractivity contribution in [3.05, 3.63) is 47.3 Å². The van der Waals surface area contributed by atoms with Gasteiger partial charge in [0.1, 0.15) is 0 Å². The lowest BCUT2D eigenvalue weighted by Gasteiger charge is -2.32. The van der Waals surface area contributed by atoms with Gasteiger partial charge in [-0.3, -0.25) is 4.79 Å². The molecule has 24 heavy (non-hydrogen) atoms. The molecule has 0 aliphatic carbocycles. The Morgan fingerprint density at radius 3 is 2.83 bits per heavy atom. The number of benzene rings is 1. The quantitative estimate of drug-likeness (QED) is 0.846. The van der Waals surface area contributed by atoms with Crippen LogP contribution in [0.5, 0.6) is 0 Å². The van der Waals surface area contributed by atoms with Crippen LogP contribution in [0.1, 0.15) is 23.2 Å². The van der Waals surface area contributed by atoms with Crippen molar-refractivity contribution in [1.82, 2.24) is 10.2 Å². The van der Waals surface area contributed by atoms with Gasteiger partial charge in [0.15, 0.2) is 0 Å². The van der Waals surface area contributed by atoms with Gasteiger partial charge in [-0.2, -0.15) is 11.8 Å². The van der Waals surface area contributed by atoms with Crippen molar-refractivity contribution in [3.8, 4) is 10.4 Å². The monoisotopic (exact) mass is 360 g/mol. The highest BCUT2D eigenvalue weighted by Gasteiger charge is 2.20. The molecule has 2 heterocycles. The molecule has 1 aromatic heterocycles. The van der Waals surface area contributed by atoms with Crippen LogP contribution in [-0.2, 0) is 0 Å². The van der Waals surface area contributed by atoms with Crippen molar-refractivity contribution in [2.75, 3.05) is 31.6 Å². The van der Waals surface area contributed by atoms with Gasteiger partial charge in [-0.05, 0) is 48.2 Å². The lowest BCUT2D eigenvalue weighted by molar-refractivity contribution is 0.0913. The molecule has 0 bridgehead atoms. The molecule has 0 unspecified atom stereocenters. The highest BCUT2D eigenvalue weighted by atomic mass is 32.2. The van der Waals surface area contributed by atoms with Gasteiger partial charge in [-0.15, -0.1) is 11.3 Å². The van der Waals surface area contributed by atoms with Gasteiger partial charge in [-0.1, -0.05) is 18.2 Å². The van der Waals surface area contributed by atoms with Crippen molar-refractivity contribution in [3.63, 3.8) is 0 Å².